The van der Waals surface area contributed by atoms with E-state index in [4.69, 9.17) is 14.2 Å². The number of aliphatic imine (C=N–C) groups is 1. The molecule has 0 bridgehead atoms. The zero-order valence-corrected chi connectivity index (χ0v) is 15.0. The molecule has 2 rings (SSSR count). The molecule has 0 aliphatic carbocycles. The van der Waals surface area contributed by atoms with Crippen molar-refractivity contribution in [3.63, 3.8) is 0 Å². The molecule has 0 atom stereocenters. The highest BCUT2D eigenvalue weighted by molar-refractivity contribution is 8.14. The molecule has 0 saturated carbocycles. The van der Waals surface area contributed by atoms with E-state index in [-0.39, 0.29) is 5.75 Å². The summed E-state index contributed by atoms with van der Waals surface area (Å²) in [6.45, 7) is 1.88. The largest absolute Gasteiger partial charge is 0.507 e. The fourth-order valence-electron chi connectivity index (χ4n) is 1.99. The van der Waals surface area contributed by atoms with Crippen LogP contribution in [0.5, 0.6) is 11.5 Å². The number of phenols is 1. The Bertz CT molecular complexity index is 659. The van der Waals surface area contributed by atoms with Crippen molar-refractivity contribution in [2.45, 2.75) is 0 Å². The van der Waals surface area contributed by atoms with Crippen LogP contribution < -0.4 is 4.74 Å². The summed E-state index contributed by atoms with van der Waals surface area (Å²) in [6, 6.07) is 5.04. The molecule has 0 amide bonds. The minimum atomic E-state index is -0.443. The highest BCUT2D eigenvalue weighted by atomic mass is 32.2. The van der Waals surface area contributed by atoms with Crippen LogP contribution in [0.25, 0.3) is 0 Å². The van der Waals surface area contributed by atoms with Crippen molar-refractivity contribution in [1.29, 1.82) is 0 Å². The molecule has 1 aliphatic rings. The van der Waals surface area contributed by atoms with E-state index in [2.05, 4.69) is 9.73 Å². The topological polar surface area (TPSA) is 86.6 Å². The van der Waals surface area contributed by atoms with E-state index in [0.717, 1.165) is 0 Å². The molecular weight excluding hydrogens is 346 g/mol. The lowest BCUT2D eigenvalue weighted by atomic mass is 10.2. The third-order valence-corrected chi connectivity index (χ3v) is 4.24. The number of aromatic hydroxyl groups is 1. The molecule has 25 heavy (non-hydrogen) atoms. The van der Waals surface area contributed by atoms with Gasteiger partial charge in [0.05, 0.1) is 32.6 Å². The lowest BCUT2D eigenvalue weighted by Gasteiger charge is -2.09. The number of esters is 1. The molecule has 0 unspecified atom stereocenters. The predicted molar refractivity (Wildman–Crippen MR) is 95.4 cm³/mol. The minimum Gasteiger partial charge on any atom is -0.507 e. The van der Waals surface area contributed by atoms with Gasteiger partial charge in [0, 0.05) is 30.6 Å². The Balaban J connectivity index is 1.92. The number of hydrogen-bond donors (Lipinski definition) is 1. The third kappa shape index (κ3) is 6.08. The van der Waals surface area contributed by atoms with Crippen LogP contribution in [-0.4, -0.2) is 62.5 Å². The van der Waals surface area contributed by atoms with Crippen molar-refractivity contribution in [1.82, 2.24) is 0 Å². The Morgan fingerprint density at radius 3 is 2.80 bits per heavy atom. The summed E-state index contributed by atoms with van der Waals surface area (Å²) >= 11 is 1.45. The number of rotatable bonds is 9. The van der Waals surface area contributed by atoms with Crippen molar-refractivity contribution in [2.24, 2.45) is 4.99 Å². The van der Waals surface area contributed by atoms with Crippen LogP contribution in [0.2, 0.25) is 0 Å². The van der Waals surface area contributed by atoms with E-state index >= 15 is 0 Å². The van der Waals surface area contributed by atoms with Crippen molar-refractivity contribution >= 4 is 22.8 Å². The first-order valence-electron chi connectivity index (χ1n) is 7.67. The van der Waals surface area contributed by atoms with Crippen LogP contribution >= 0.6 is 11.8 Å². The number of nitrogens with zero attached hydrogens (tertiary/aromatic N) is 1. The van der Waals surface area contributed by atoms with Crippen molar-refractivity contribution in [3.8, 4) is 11.5 Å². The fraction of sp³-hybridized carbons (Fsp3) is 0.412. The maximum absolute atomic E-state index is 11.2. The van der Waals surface area contributed by atoms with Crippen LogP contribution in [0.1, 0.15) is 5.56 Å². The molecule has 0 spiro atoms. The minimum absolute atomic E-state index is 0.0726. The maximum Gasteiger partial charge on any atom is 0.332 e. The molecule has 8 heteroatoms. The molecule has 0 fully saturated rings. The second kappa shape index (κ2) is 10.1. The summed E-state index contributed by atoms with van der Waals surface area (Å²) in [4.78, 5) is 15.6. The van der Waals surface area contributed by atoms with E-state index in [1.165, 1.54) is 31.0 Å². The molecule has 1 heterocycles. The average molecular weight is 367 g/mol. The number of ether oxygens (including phenoxy) is 4. The Morgan fingerprint density at radius 1 is 1.28 bits per heavy atom. The van der Waals surface area contributed by atoms with Gasteiger partial charge in [-0.05, 0) is 12.1 Å². The van der Waals surface area contributed by atoms with Gasteiger partial charge in [-0.2, -0.15) is 0 Å². The molecule has 0 saturated heterocycles. The van der Waals surface area contributed by atoms with E-state index in [0.29, 0.717) is 54.2 Å². The smallest absolute Gasteiger partial charge is 0.332 e. The number of benzene rings is 1. The highest BCUT2D eigenvalue weighted by Gasteiger charge is 2.18. The van der Waals surface area contributed by atoms with Gasteiger partial charge in [0.15, 0.2) is 0 Å². The van der Waals surface area contributed by atoms with Gasteiger partial charge < -0.3 is 24.1 Å². The van der Waals surface area contributed by atoms with Gasteiger partial charge in [0.25, 0.3) is 0 Å². The van der Waals surface area contributed by atoms with E-state index in [9.17, 15) is 9.90 Å². The Labute approximate surface area is 150 Å². The zero-order valence-electron chi connectivity index (χ0n) is 14.2. The zero-order chi connectivity index (χ0) is 18.1. The number of methoxy groups -OCH3 is 2. The first kappa shape index (κ1) is 19.3. The van der Waals surface area contributed by atoms with Crippen molar-refractivity contribution in [2.75, 3.05) is 46.4 Å². The lowest BCUT2D eigenvalue weighted by Crippen LogP contribution is -2.10. The summed E-state index contributed by atoms with van der Waals surface area (Å²) in [5.41, 5.74) is 1.21. The molecule has 1 N–H and O–H groups in total. The van der Waals surface area contributed by atoms with E-state index < -0.39 is 5.97 Å². The second-order valence-electron chi connectivity index (χ2n) is 5.00. The van der Waals surface area contributed by atoms with Crippen molar-refractivity contribution in [3.05, 3.63) is 35.5 Å². The van der Waals surface area contributed by atoms with Gasteiger partial charge in [-0.25, -0.2) is 9.79 Å². The average Bonchev–Trinajstić information content (AvgIpc) is 3.06. The van der Waals surface area contributed by atoms with Gasteiger partial charge >= 0.3 is 5.97 Å². The molecule has 1 aromatic carbocycles. The van der Waals surface area contributed by atoms with Gasteiger partial charge in [-0.15, -0.1) is 0 Å². The quantitative estimate of drug-likeness (QED) is 0.406. The molecule has 0 aromatic heterocycles. The monoisotopic (exact) mass is 367 g/mol. The first-order valence-corrected chi connectivity index (χ1v) is 8.65. The van der Waals surface area contributed by atoms with E-state index in [1.807, 2.05) is 0 Å². The fourth-order valence-corrected chi connectivity index (χ4v) is 2.93. The van der Waals surface area contributed by atoms with Crippen LogP contribution in [0, 0.1) is 0 Å². The van der Waals surface area contributed by atoms with Crippen LogP contribution in [0.15, 0.2) is 35.0 Å². The summed E-state index contributed by atoms with van der Waals surface area (Å²) in [6.07, 6.45) is 1.35. The summed E-state index contributed by atoms with van der Waals surface area (Å²) < 4.78 is 20.3. The SMILES string of the molecule is COCCOCCOc1ccc(C2=N/C(=C\C(=O)OC)CS2)c(O)c1. The predicted octanol–water partition coefficient (Wildman–Crippen LogP) is 1.98. The first-order chi connectivity index (χ1) is 12.1. The summed E-state index contributed by atoms with van der Waals surface area (Å²) in [7, 11) is 2.94. The van der Waals surface area contributed by atoms with Gasteiger partial charge in [-0.1, -0.05) is 11.8 Å². The molecule has 7 nitrogen and oxygen atoms in total. The normalized spacial score (nSPS) is 15.3. The Hall–Kier alpha value is -2.03. The summed E-state index contributed by atoms with van der Waals surface area (Å²) in [5.74, 6) is 0.733. The van der Waals surface area contributed by atoms with Crippen LogP contribution in [0.4, 0.5) is 0 Å². The number of phenolic OH excluding ortho intramolecular Hbond substituents is 1. The molecule has 1 aromatic rings. The number of carbonyl (C=O) groups excluding carboxylic acids is 1. The van der Waals surface area contributed by atoms with Crippen molar-refractivity contribution < 1.29 is 28.8 Å². The standard InChI is InChI=1S/C17H21NO6S/c1-21-5-6-23-7-8-24-13-3-4-14(15(19)10-13)17-18-12(11-25-17)9-16(20)22-2/h3-4,9-10,19H,5-8,11H2,1-2H3/b12-9-. The summed E-state index contributed by atoms with van der Waals surface area (Å²) in [5, 5.41) is 10.9. The molecular formula is C17H21NO6S. The van der Waals surface area contributed by atoms with Gasteiger partial charge in [0.1, 0.15) is 23.1 Å². The third-order valence-electron chi connectivity index (χ3n) is 3.22. The van der Waals surface area contributed by atoms with Crippen LogP contribution in [-0.2, 0) is 19.0 Å². The number of hydrogen-bond acceptors (Lipinski definition) is 8. The van der Waals surface area contributed by atoms with E-state index in [1.54, 1.807) is 19.2 Å². The number of thioether (sulfide) groups is 1. The molecule has 0 radical (unpaired) electrons. The van der Waals surface area contributed by atoms with Gasteiger partial charge in [-0.3, -0.25) is 0 Å². The maximum atomic E-state index is 11.2. The second-order valence-corrected chi connectivity index (χ2v) is 5.96. The molecule has 136 valence electrons. The molecule has 1 aliphatic heterocycles. The number of carbonyl (C=O) groups is 1. The van der Waals surface area contributed by atoms with Gasteiger partial charge in [0.2, 0.25) is 0 Å². The Morgan fingerprint density at radius 2 is 2.08 bits per heavy atom. The highest BCUT2D eigenvalue weighted by Crippen LogP contribution is 2.32. The lowest BCUT2D eigenvalue weighted by molar-refractivity contribution is -0.134. The van der Waals surface area contributed by atoms with Crippen LogP contribution in [0.3, 0.4) is 0 Å². The Kier molecular flexibility index (Phi) is 7.77.